The van der Waals surface area contributed by atoms with Crippen molar-refractivity contribution in [1.29, 1.82) is 0 Å². The maximum atomic E-state index is 13.3. The van der Waals surface area contributed by atoms with Crippen LogP contribution in [0.25, 0.3) is 0 Å². The monoisotopic (exact) mass is 253 g/mol. The highest BCUT2D eigenvalue weighted by Gasteiger charge is 2.12. The Hall–Kier alpha value is -1.76. The topological polar surface area (TPSA) is 65.9 Å². The zero-order chi connectivity index (χ0) is 12.3. The van der Waals surface area contributed by atoms with E-state index in [1.165, 1.54) is 12.1 Å². The molecular weight excluding hydrogens is 243 g/mol. The molecule has 4 N–H and O–H groups in total. The van der Waals surface area contributed by atoms with Crippen LogP contribution in [0.15, 0.2) is 36.4 Å². The number of carbonyl (C=O) groups excluding carboxylic acids is 1. The maximum Gasteiger partial charge on any atom is 0.266 e. The van der Waals surface area contributed by atoms with Gasteiger partial charge in [-0.3, -0.25) is 4.79 Å². The van der Waals surface area contributed by atoms with Crippen molar-refractivity contribution in [3.63, 3.8) is 0 Å². The van der Waals surface area contributed by atoms with E-state index in [4.69, 9.17) is 5.21 Å². The number of para-hydroxylation sites is 1. The van der Waals surface area contributed by atoms with E-state index in [1.807, 2.05) is 0 Å². The minimum absolute atomic E-state index is 0.139. The lowest BCUT2D eigenvalue weighted by atomic mass is 10.3. The largest absolute Gasteiger partial charge is 0.319 e. The Balaban J connectivity index is 2.14. The molecule has 0 saturated heterocycles. The number of rotatable bonds is 3. The zero-order valence-corrected chi connectivity index (χ0v) is 9.50. The van der Waals surface area contributed by atoms with Gasteiger partial charge in [-0.1, -0.05) is 23.5 Å². The van der Waals surface area contributed by atoms with Crippen molar-refractivity contribution >= 4 is 27.9 Å². The van der Waals surface area contributed by atoms with Gasteiger partial charge in [0.2, 0.25) is 5.00 Å². The van der Waals surface area contributed by atoms with Crippen LogP contribution in [-0.2, 0) is 0 Å². The molecule has 17 heavy (non-hydrogen) atoms. The summed E-state index contributed by atoms with van der Waals surface area (Å²) in [6.07, 6.45) is 0. The number of nitrogens with one attached hydrogen (secondary N) is 1. The van der Waals surface area contributed by atoms with Crippen LogP contribution in [-0.4, -0.2) is 11.1 Å². The molecule has 1 amide bonds. The number of nitrogens with two attached hydrogens (primary N) is 1. The summed E-state index contributed by atoms with van der Waals surface area (Å²) in [6.45, 7) is 0. The van der Waals surface area contributed by atoms with Crippen molar-refractivity contribution < 1.29 is 19.9 Å². The highest BCUT2D eigenvalue weighted by atomic mass is 32.1. The van der Waals surface area contributed by atoms with Gasteiger partial charge in [0.25, 0.3) is 5.91 Å². The SMILES string of the molecule is O=C(Nc1ccccc1F)c1ccc([NH2+]O)s1. The van der Waals surface area contributed by atoms with E-state index in [0.717, 1.165) is 16.8 Å². The summed E-state index contributed by atoms with van der Waals surface area (Å²) < 4.78 is 13.3. The molecular formula is C11H10FN2O2S+. The molecule has 0 bridgehead atoms. The quantitative estimate of drug-likeness (QED) is 0.729. The summed E-state index contributed by atoms with van der Waals surface area (Å²) in [4.78, 5) is 12.1. The van der Waals surface area contributed by atoms with Crippen LogP contribution >= 0.6 is 11.3 Å². The van der Waals surface area contributed by atoms with Gasteiger partial charge in [-0.05, 0) is 18.2 Å². The molecule has 88 valence electrons. The van der Waals surface area contributed by atoms with Gasteiger partial charge >= 0.3 is 0 Å². The fourth-order valence-corrected chi connectivity index (χ4v) is 2.01. The Labute approximate surface area is 101 Å². The molecule has 1 aromatic carbocycles. The predicted molar refractivity (Wildman–Crippen MR) is 62.0 cm³/mol. The average molecular weight is 253 g/mol. The van der Waals surface area contributed by atoms with Crippen molar-refractivity contribution in [2.75, 3.05) is 5.32 Å². The first-order chi connectivity index (χ1) is 8.20. The Morgan fingerprint density at radius 1 is 1.29 bits per heavy atom. The number of quaternary nitrogens is 1. The molecule has 0 aliphatic heterocycles. The number of thiophene rings is 1. The average Bonchev–Trinajstić information content (AvgIpc) is 2.81. The summed E-state index contributed by atoms with van der Waals surface area (Å²) in [6, 6.07) is 9.13. The maximum absolute atomic E-state index is 13.3. The van der Waals surface area contributed by atoms with Gasteiger partial charge in [0.15, 0.2) is 0 Å². The molecule has 0 aliphatic carbocycles. The van der Waals surface area contributed by atoms with Gasteiger partial charge < -0.3 is 5.32 Å². The van der Waals surface area contributed by atoms with Crippen LogP contribution in [0.2, 0.25) is 0 Å². The lowest BCUT2D eigenvalue weighted by Crippen LogP contribution is -2.73. The minimum atomic E-state index is -0.480. The van der Waals surface area contributed by atoms with Crippen LogP contribution in [0.4, 0.5) is 15.1 Å². The molecule has 2 aromatic rings. The number of anilines is 1. The van der Waals surface area contributed by atoms with Crippen LogP contribution in [0, 0.1) is 5.82 Å². The molecule has 6 heteroatoms. The van der Waals surface area contributed by atoms with Crippen LogP contribution in [0.3, 0.4) is 0 Å². The number of carbonyl (C=O) groups is 1. The predicted octanol–water partition coefficient (Wildman–Crippen LogP) is 1.72. The molecule has 0 fully saturated rings. The minimum Gasteiger partial charge on any atom is -0.319 e. The molecule has 0 atom stereocenters. The first-order valence-electron chi connectivity index (χ1n) is 4.84. The van der Waals surface area contributed by atoms with Crippen molar-refractivity contribution in [2.24, 2.45) is 0 Å². The lowest BCUT2D eigenvalue weighted by Gasteiger charge is -2.03. The van der Waals surface area contributed by atoms with E-state index in [0.29, 0.717) is 9.88 Å². The molecule has 2 rings (SSSR count). The van der Waals surface area contributed by atoms with Crippen LogP contribution < -0.4 is 10.8 Å². The van der Waals surface area contributed by atoms with E-state index in [9.17, 15) is 9.18 Å². The van der Waals surface area contributed by atoms with Gasteiger partial charge in [0, 0.05) is 6.07 Å². The fraction of sp³-hybridized carbons (Fsp3) is 0. The molecule has 4 nitrogen and oxygen atoms in total. The number of hydrogen-bond acceptors (Lipinski definition) is 3. The summed E-state index contributed by atoms with van der Waals surface area (Å²) in [5.74, 6) is -0.875. The second kappa shape index (κ2) is 5.05. The normalized spacial score (nSPS) is 10.2. The van der Waals surface area contributed by atoms with Crippen LogP contribution in [0.5, 0.6) is 0 Å². The van der Waals surface area contributed by atoms with Gasteiger partial charge in [-0.15, -0.1) is 0 Å². The first-order valence-corrected chi connectivity index (χ1v) is 5.65. The number of amides is 1. The molecule has 1 heterocycles. The van der Waals surface area contributed by atoms with Crippen molar-refractivity contribution in [1.82, 2.24) is 0 Å². The Kier molecular flexibility index (Phi) is 3.48. The summed E-state index contributed by atoms with van der Waals surface area (Å²) in [5, 5.41) is 11.8. The van der Waals surface area contributed by atoms with E-state index in [1.54, 1.807) is 24.3 Å². The number of benzene rings is 1. The molecule has 1 aromatic heterocycles. The first kappa shape index (κ1) is 11.7. The summed E-state index contributed by atoms with van der Waals surface area (Å²) in [5.41, 5.74) is 1.06. The van der Waals surface area contributed by atoms with E-state index in [2.05, 4.69) is 5.32 Å². The van der Waals surface area contributed by atoms with E-state index >= 15 is 0 Å². The van der Waals surface area contributed by atoms with Gasteiger partial charge in [-0.25, -0.2) is 9.60 Å². The summed E-state index contributed by atoms with van der Waals surface area (Å²) >= 11 is 1.13. The van der Waals surface area contributed by atoms with Gasteiger partial charge in [0.05, 0.1) is 10.6 Å². The van der Waals surface area contributed by atoms with Crippen LogP contribution in [0.1, 0.15) is 9.67 Å². The van der Waals surface area contributed by atoms with Gasteiger partial charge in [0.1, 0.15) is 5.82 Å². The number of halogens is 1. The molecule has 0 spiro atoms. The Morgan fingerprint density at radius 2 is 2.06 bits per heavy atom. The third kappa shape index (κ3) is 2.68. The van der Waals surface area contributed by atoms with Crippen molar-refractivity contribution in [3.05, 3.63) is 47.1 Å². The highest BCUT2D eigenvalue weighted by molar-refractivity contribution is 7.17. The van der Waals surface area contributed by atoms with E-state index in [-0.39, 0.29) is 5.69 Å². The van der Waals surface area contributed by atoms with Crippen molar-refractivity contribution in [3.8, 4) is 0 Å². The molecule has 0 saturated carbocycles. The molecule has 0 aliphatic rings. The summed E-state index contributed by atoms with van der Waals surface area (Å²) in [7, 11) is 0. The smallest absolute Gasteiger partial charge is 0.266 e. The highest BCUT2D eigenvalue weighted by Crippen LogP contribution is 2.20. The lowest BCUT2D eigenvalue weighted by molar-refractivity contribution is -0.823. The second-order valence-electron chi connectivity index (χ2n) is 3.27. The second-order valence-corrected chi connectivity index (χ2v) is 4.38. The standard InChI is InChI=1S/C11H9FN2O2S/c12-7-3-1-2-4-8(7)13-11(15)9-5-6-10(14-16)17-9/h1-6,14,16H,(H,13,15)/p+1. The zero-order valence-electron chi connectivity index (χ0n) is 8.68. The Bertz CT molecular complexity index is 542. The third-order valence-electron chi connectivity index (χ3n) is 2.10. The molecule has 0 unspecified atom stereocenters. The fourth-order valence-electron chi connectivity index (χ4n) is 1.29. The Morgan fingerprint density at radius 3 is 2.71 bits per heavy atom. The van der Waals surface area contributed by atoms with E-state index < -0.39 is 11.7 Å². The van der Waals surface area contributed by atoms with Crippen molar-refractivity contribution in [2.45, 2.75) is 0 Å². The third-order valence-corrected chi connectivity index (χ3v) is 3.12. The van der Waals surface area contributed by atoms with Gasteiger partial charge in [-0.2, -0.15) is 5.48 Å². The number of hydrogen-bond donors (Lipinski definition) is 3. The molecule has 0 radical (unpaired) electrons.